The van der Waals surface area contributed by atoms with E-state index in [4.69, 9.17) is 4.74 Å². The van der Waals surface area contributed by atoms with Crippen LogP contribution in [-0.2, 0) is 19.1 Å². The van der Waals surface area contributed by atoms with Crippen molar-refractivity contribution in [1.82, 2.24) is 0 Å². The van der Waals surface area contributed by atoms with Gasteiger partial charge in [0.05, 0.1) is 13.0 Å². The molecule has 96 valence electrons. The van der Waals surface area contributed by atoms with Gasteiger partial charge in [-0.2, -0.15) is 0 Å². The first-order chi connectivity index (χ1) is 7.75. The second kappa shape index (κ2) is 4.51. The Hall–Kier alpha value is -1.32. The lowest BCUT2D eigenvalue weighted by Crippen LogP contribution is -2.11. The van der Waals surface area contributed by atoms with Crippen molar-refractivity contribution in [2.75, 3.05) is 13.7 Å². The fourth-order valence-corrected chi connectivity index (χ4v) is 2.21. The van der Waals surface area contributed by atoms with E-state index in [1.54, 1.807) is 0 Å². The number of rotatable bonds is 4. The number of esters is 2. The van der Waals surface area contributed by atoms with E-state index >= 15 is 0 Å². The van der Waals surface area contributed by atoms with Crippen LogP contribution in [0.5, 0.6) is 0 Å². The van der Waals surface area contributed by atoms with Crippen LogP contribution in [0.4, 0.5) is 0 Å². The Balaban J connectivity index is 2.38. The van der Waals surface area contributed by atoms with E-state index in [1.807, 2.05) is 0 Å². The third-order valence-electron chi connectivity index (χ3n) is 4.03. The highest BCUT2D eigenvalue weighted by Gasteiger charge is 2.69. The highest BCUT2D eigenvalue weighted by atomic mass is 16.5. The molecule has 17 heavy (non-hydrogen) atoms. The average molecular weight is 240 g/mol. The van der Waals surface area contributed by atoms with E-state index in [0.29, 0.717) is 0 Å². The van der Waals surface area contributed by atoms with Gasteiger partial charge in [-0.15, -0.1) is 0 Å². The maximum absolute atomic E-state index is 11.8. The minimum atomic E-state index is -0.451. The lowest BCUT2D eigenvalue weighted by molar-refractivity contribution is -0.145. The van der Waals surface area contributed by atoms with Gasteiger partial charge in [0.2, 0.25) is 0 Å². The van der Waals surface area contributed by atoms with E-state index in [1.165, 1.54) is 19.3 Å². The summed E-state index contributed by atoms with van der Waals surface area (Å²) in [5.41, 5.74) is -0.0354. The van der Waals surface area contributed by atoms with Gasteiger partial charge in [-0.05, 0) is 16.9 Å². The highest BCUT2D eigenvalue weighted by Crippen LogP contribution is 2.68. The maximum atomic E-state index is 11.8. The molecule has 0 aliphatic heterocycles. The molecular weight excluding hydrogens is 220 g/mol. The van der Waals surface area contributed by atoms with E-state index in [-0.39, 0.29) is 29.3 Å². The van der Waals surface area contributed by atoms with Crippen LogP contribution in [0.1, 0.15) is 27.7 Å². The Morgan fingerprint density at radius 3 is 2.12 bits per heavy atom. The standard InChI is InChI=1S/C13H20O4/c1-12(2)10(13(12,3)4)11(15)17-8-6-7-9(14)16-5/h6-7,10H,8H2,1-5H3/b7-6+. The van der Waals surface area contributed by atoms with Crippen LogP contribution in [0.15, 0.2) is 12.2 Å². The highest BCUT2D eigenvalue weighted by molar-refractivity contribution is 5.82. The Kier molecular flexibility index (Phi) is 3.65. The molecule has 0 heterocycles. The van der Waals surface area contributed by atoms with Crippen molar-refractivity contribution in [3.05, 3.63) is 12.2 Å². The van der Waals surface area contributed by atoms with Crippen molar-refractivity contribution < 1.29 is 19.1 Å². The van der Waals surface area contributed by atoms with Gasteiger partial charge in [0.1, 0.15) is 6.61 Å². The summed E-state index contributed by atoms with van der Waals surface area (Å²) in [4.78, 5) is 22.5. The van der Waals surface area contributed by atoms with Crippen LogP contribution in [0.25, 0.3) is 0 Å². The van der Waals surface area contributed by atoms with E-state index < -0.39 is 5.97 Å². The van der Waals surface area contributed by atoms with E-state index in [2.05, 4.69) is 32.4 Å². The Morgan fingerprint density at radius 1 is 1.18 bits per heavy atom. The van der Waals surface area contributed by atoms with Crippen LogP contribution in [0, 0.1) is 16.7 Å². The van der Waals surface area contributed by atoms with Crippen LogP contribution in [0.3, 0.4) is 0 Å². The normalized spacial score (nSPS) is 21.2. The molecule has 4 nitrogen and oxygen atoms in total. The zero-order valence-corrected chi connectivity index (χ0v) is 11.1. The predicted octanol–water partition coefficient (Wildman–Crippen LogP) is 1.94. The molecule has 0 saturated heterocycles. The summed E-state index contributed by atoms with van der Waals surface area (Å²) in [6.07, 6.45) is 2.72. The van der Waals surface area contributed by atoms with Crippen LogP contribution in [-0.4, -0.2) is 25.7 Å². The fourth-order valence-electron chi connectivity index (χ4n) is 2.21. The molecule has 1 fully saturated rings. The third kappa shape index (κ3) is 2.51. The predicted molar refractivity (Wildman–Crippen MR) is 63.2 cm³/mol. The fraction of sp³-hybridized carbons (Fsp3) is 0.692. The van der Waals surface area contributed by atoms with Gasteiger partial charge in [-0.3, -0.25) is 4.79 Å². The molecule has 1 aliphatic rings. The summed E-state index contributed by atoms with van der Waals surface area (Å²) in [5.74, 6) is -0.718. The molecule has 0 spiro atoms. The topological polar surface area (TPSA) is 52.6 Å². The molecule has 0 atom stereocenters. The van der Waals surface area contributed by atoms with Gasteiger partial charge < -0.3 is 9.47 Å². The Bertz CT molecular complexity index is 338. The molecule has 1 rings (SSSR count). The average Bonchev–Trinajstić information content (AvgIpc) is 2.64. The molecule has 0 amide bonds. The maximum Gasteiger partial charge on any atom is 0.330 e. The van der Waals surface area contributed by atoms with Gasteiger partial charge in [-0.25, -0.2) is 4.79 Å². The minimum Gasteiger partial charge on any atom is -0.466 e. The second-order valence-electron chi connectivity index (χ2n) is 5.43. The number of carbonyl (C=O) groups excluding carboxylic acids is 2. The van der Waals surface area contributed by atoms with Crippen molar-refractivity contribution in [2.45, 2.75) is 27.7 Å². The summed E-state index contributed by atoms with van der Waals surface area (Å²) in [7, 11) is 1.30. The summed E-state index contributed by atoms with van der Waals surface area (Å²) in [6.45, 7) is 8.34. The lowest BCUT2D eigenvalue weighted by atomic mass is 10.0. The zero-order chi connectivity index (χ0) is 13.3. The van der Waals surface area contributed by atoms with Crippen LogP contribution < -0.4 is 0 Å². The summed E-state index contributed by atoms with van der Waals surface area (Å²) in [6, 6.07) is 0. The molecule has 0 aromatic carbocycles. The number of methoxy groups -OCH3 is 1. The van der Waals surface area contributed by atoms with Gasteiger partial charge >= 0.3 is 11.9 Å². The lowest BCUT2D eigenvalue weighted by Gasteiger charge is -2.03. The molecule has 1 aliphatic carbocycles. The van der Waals surface area contributed by atoms with Crippen molar-refractivity contribution in [3.63, 3.8) is 0 Å². The van der Waals surface area contributed by atoms with Crippen LogP contribution >= 0.6 is 0 Å². The van der Waals surface area contributed by atoms with Gasteiger partial charge in [-0.1, -0.05) is 27.7 Å². The first-order valence-corrected chi connectivity index (χ1v) is 5.66. The molecule has 4 heteroatoms. The third-order valence-corrected chi connectivity index (χ3v) is 4.03. The summed E-state index contributed by atoms with van der Waals surface area (Å²) < 4.78 is 9.52. The Morgan fingerprint density at radius 2 is 1.71 bits per heavy atom. The van der Waals surface area contributed by atoms with Crippen LogP contribution in [0.2, 0.25) is 0 Å². The Labute approximate surface area is 102 Å². The first kappa shape index (κ1) is 13.7. The number of hydrogen-bond donors (Lipinski definition) is 0. The van der Waals surface area contributed by atoms with Crippen molar-refractivity contribution in [3.8, 4) is 0 Å². The molecule has 0 aromatic rings. The summed E-state index contributed by atoms with van der Waals surface area (Å²) in [5, 5.41) is 0. The van der Waals surface area contributed by atoms with Gasteiger partial charge in [0, 0.05) is 6.08 Å². The zero-order valence-electron chi connectivity index (χ0n) is 11.1. The minimum absolute atomic E-state index is 0.0177. The van der Waals surface area contributed by atoms with E-state index in [0.717, 1.165) is 0 Å². The first-order valence-electron chi connectivity index (χ1n) is 5.66. The van der Waals surface area contributed by atoms with Crippen molar-refractivity contribution >= 4 is 11.9 Å². The molecular formula is C13H20O4. The number of ether oxygens (including phenoxy) is 2. The molecule has 0 radical (unpaired) electrons. The number of hydrogen-bond acceptors (Lipinski definition) is 4. The molecule has 0 aromatic heterocycles. The van der Waals surface area contributed by atoms with Crippen molar-refractivity contribution in [1.29, 1.82) is 0 Å². The van der Waals surface area contributed by atoms with Gasteiger partial charge in [0.15, 0.2) is 0 Å². The molecule has 1 saturated carbocycles. The quantitative estimate of drug-likeness (QED) is 0.556. The molecule has 0 unspecified atom stereocenters. The van der Waals surface area contributed by atoms with E-state index in [9.17, 15) is 9.59 Å². The molecule has 0 bridgehead atoms. The largest absolute Gasteiger partial charge is 0.466 e. The van der Waals surface area contributed by atoms with Gasteiger partial charge in [0.25, 0.3) is 0 Å². The number of carbonyl (C=O) groups is 2. The monoisotopic (exact) mass is 240 g/mol. The SMILES string of the molecule is COC(=O)/C=C/COC(=O)C1C(C)(C)C1(C)C. The molecule has 0 N–H and O–H groups in total. The second-order valence-corrected chi connectivity index (χ2v) is 5.43. The summed E-state index contributed by atoms with van der Waals surface area (Å²) >= 11 is 0. The van der Waals surface area contributed by atoms with Crippen molar-refractivity contribution in [2.24, 2.45) is 16.7 Å². The smallest absolute Gasteiger partial charge is 0.330 e.